The molecule has 0 saturated heterocycles. The van der Waals surface area contributed by atoms with E-state index < -0.39 is 0 Å². The number of hydrogen-bond acceptors (Lipinski definition) is 5. The van der Waals surface area contributed by atoms with Gasteiger partial charge in [-0.2, -0.15) is 0 Å². The van der Waals surface area contributed by atoms with Crippen LogP contribution in [0.2, 0.25) is 0 Å². The number of anilines is 2. The molecule has 0 saturated carbocycles. The first-order chi connectivity index (χ1) is 9.72. The largest absolute Gasteiger partial charge is 0.380 e. The van der Waals surface area contributed by atoms with Crippen molar-refractivity contribution in [2.45, 2.75) is 47.0 Å². The normalized spacial score (nSPS) is 10.6. The molecule has 1 rings (SSSR count). The van der Waals surface area contributed by atoms with Crippen LogP contribution in [0.15, 0.2) is 0 Å². The number of ether oxygens (including phenoxy) is 1. The van der Waals surface area contributed by atoms with Crippen molar-refractivity contribution in [1.82, 2.24) is 9.97 Å². The highest BCUT2D eigenvalue weighted by molar-refractivity contribution is 5.57. The maximum absolute atomic E-state index is 5.55. The number of unbranched alkanes of at least 4 members (excludes halogenated alkanes) is 1. The predicted octanol–water partition coefficient (Wildman–Crippen LogP) is 3.01. The molecule has 5 heteroatoms. The minimum absolute atomic E-state index is 0.710. The Kier molecular flexibility index (Phi) is 7.95. The molecule has 0 aliphatic carbocycles. The van der Waals surface area contributed by atoms with Gasteiger partial charge in [0.1, 0.15) is 17.5 Å². The monoisotopic (exact) mass is 280 g/mol. The molecule has 1 heterocycles. The van der Waals surface area contributed by atoms with Crippen LogP contribution in [-0.2, 0) is 11.2 Å². The summed E-state index contributed by atoms with van der Waals surface area (Å²) in [5.74, 6) is 2.70. The predicted molar refractivity (Wildman–Crippen MR) is 84.5 cm³/mol. The molecular formula is C15H28N4O. The van der Waals surface area contributed by atoms with Crippen LogP contribution >= 0.6 is 0 Å². The quantitative estimate of drug-likeness (QED) is 0.645. The number of aromatic nitrogens is 2. The van der Waals surface area contributed by atoms with Crippen LogP contribution in [0.1, 0.15) is 45.0 Å². The van der Waals surface area contributed by atoms with Gasteiger partial charge in [0.05, 0.1) is 6.61 Å². The van der Waals surface area contributed by atoms with Gasteiger partial charge in [0.2, 0.25) is 0 Å². The smallest absolute Gasteiger partial charge is 0.134 e. The molecule has 0 bridgehead atoms. The number of nitrogens with zero attached hydrogens (tertiary/aromatic N) is 2. The van der Waals surface area contributed by atoms with Gasteiger partial charge in [-0.3, -0.25) is 0 Å². The molecule has 0 aliphatic rings. The molecule has 2 N–H and O–H groups in total. The Morgan fingerprint density at radius 1 is 1.00 bits per heavy atom. The molecule has 5 nitrogen and oxygen atoms in total. The summed E-state index contributed by atoms with van der Waals surface area (Å²) in [6, 6.07) is 0. The van der Waals surface area contributed by atoms with Crippen LogP contribution in [0.4, 0.5) is 11.6 Å². The van der Waals surface area contributed by atoms with E-state index in [9.17, 15) is 0 Å². The van der Waals surface area contributed by atoms with Gasteiger partial charge in [-0.05, 0) is 20.3 Å². The Labute approximate surface area is 122 Å². The molecule has 1 aromatic rings. The summed E-state index contributed by atoms with van der Waals surface area (Å²) >= 11 is 0. The summed E-state index contributed by atoms with van der Waals surface area (Å²) in [6.07, 6.45) is 3.13. The molecule has 0 fully saturated rings. The van der Waals surface area contributed by atoms with Crippen molar-refractivity contribution in [2.75, 3.05) is 36.9 Å². The number of aryl methyl sites for hydroxylation is 1. The lowest BCUT2D eigenvalue weighted by Gasteiger charge is -2.14. The number of hydrogen-bond donors (Lipinski definition) is 2. The van der Waals surface area contributed by atoms with E-state index in [4.69, 9.17) is 4.74 Å². The molecule has 0 radical (unpaired) electrons. The van der Waals surface area contributed by atoms with Gasteiger partial charge in [0.25, 0.3) is 0 Å². The highest BCUT2D eigenvalue weighted by atomic mass is 16.5. The Balaban J connectivity index is 2.57. The lowest BCUT2D eigenvalue weighted by atomic mass is 10.3. The van der Waals surface area contributed by atoms with E-state index in [1.165, 1.54) is 6.42 Å². The van der Waals surface area contributed by atoms with Crippen molar-refractivity contribution in [2.24, 2.45) is 0 Å². The van der Waals surface area contributed by atoms with Crippen molar-refractivity contribution >= 4 is 11.6 Å². The van der Waals surface area contributed by atoms with Gasteiger partial charge < -0.3 is 15.4 Å². The maximum Gasteiger partial charge on any atom is 0.134 e. The average molecular weight is 280 g/mol. The second-order valence-electron chi connectivity index (χ2n) is 4.74. The third kappa shape index (κ3) is 5.33. The zero-order valence-electron chi connectivity index (χ0n) is 13.3. The molecule has 114 valence electrons. The first-order valence-corrected chi connectivity index (χ1v) is 7.65. The van der Waals surface area contributed by atoms with Crippen molar-refractivity contribution < 1.29 is 4.74 Å². The van der Waals surface area contributed by atoms with Crippen molar-refractivity contribution in [3.05, 3.63) is 11.4 Å². The first kappa shape index (κ1) is 16.7. The number of rotatable bonds is 10. The lowest BCUT2D eigenvalue weighted by molar-refractivity contribution is 0.141. The lowest BCUT2D eigenvalue weighted by Crippen LogP contribution is -2.15. The minimum Gasteiger partial charge on any atom is -0.380 e. The Morgan fingerprint density at radius 2 is 1.70 bits per heavy atom. The molecule has 0 aliphatic heterocycles. The maximum atomic E-state index is 5.55. The molecular weight excluding hydrogens is 252 g/mol. The van der Waals surface area contributed by atoms with Crippen LogP contribution < -0.4 is 10.6 Å². The standard InChI is InChI=1S/C15H28N4O/c1-5-8-10-20-11-9-17-15-12(4)14(16-7-3)18-13(6-2)19-15/h5-11H2,1-4H3,(H2,16,17,18,19). The SMILES string of the molecule is CCCCOCCNc1nc(CC)nc(NCC)c1C. The van der Waals surface area contributed by atoms with E-state index in [-0.39, 0.29) is 0 Å². The van der Waals surface area contributed by atoms with Gasteiger partial charge in [-0.25, -0.2) is 9.97 Å². The van der Waals surface area contributed by atoms with E-state index in [1.807, 2.05) is 6.92 Å². The number of nitrogens with one attached hydrogen (secondary N) is 2. The van der Waals surface area contributed by atoms with E-state index in [0.717, 1.165) is 55.6 Å². The summed E-state index contributed by atoms with van der Waals surface area (Å²) < 4.78 is 5.55. The summed E-state index contributed by atoms with van der Waals surface area (Å²) in [5, 5.41) is 6.63. The molecule has 0 aromatic carbocycles. The van der Waals surface area contributed by atoms with E-state index >= 15 is 0 Å². The zero-order chi connectivity index (χ0) is 14.8. The fraction of sp³-hybridized carbons (Fsp3) is 0.733. The summed E-state index contributed by atoms with van der Waals surface area (Å²) in [4.78, 5) is 9.07. The molecule has 0 spiro atoms. The van der Waals surface area contributed by atoms with Crippen LogP contribution in [0.5, 0.6) is 0 Å². The molecule has 0 atom stereocenters. The summed E-state index contributed by atoms with van der Waals surface area (Å²) in [7, 11) is 0. The fourth-order valence-corrected chi connectivity index (χ4v) is 1.82. The van der Waals surface area contributed by atoms with Gasteiger partial charge in [-0.1, -0.05) is 20.3 Å². The van der Waals surface area contributed by atoms with Crippen LogP contribution in [0, 0.1) is 6.92 Å². The first-order valence-electron chi connectivity index (χ1n) is 7.65. The van der Waals surface area contributed by atoms with Gasteiger partial charge >= 0.3 is 0 Å². The third-order valence-electron chi connectivity index (χ3n) is 3.03. The fourth-order valence-electron chi connectivity index (χ4n) is 1.82. The molecule has 1 aromatic heterocycles. The summed E-state index contributed by atoms with van der Waals surface area (Å²) in [6.45, 7) is 11.5. The topological polar surface area (TPSA) is 59.1 Å². The highest BCUT2D eigenvalue weighted by Crippen LogP contribution is 2.19. The van der Waals surface area contributed by atoms with Crippen LogP contribution in [-0.4, -0.2) is 36.3 Å². The Hall–Kier alpha value is -1.36. The van der Waals surface area contributed by atoms with Crippen LogP contribution in [0.25, 0.3) is 0 Å². The molecule has 0 amide bonds. The van der Waals surface area contributed by atoms with E-state index in [2.05, 4.69) is 41.4 Å². The van der Waals surface area contributed by atoms with Gasteiger partial charge in [0.15, 0.2) is 0 Å². The van der Waals surface area contributed by atoms with E-state index in [1.54, 1.807) is 0 Å². The van der Waals surface area contributed by atoms with Crippen molar-refractivity contribution in [1.29, 1.82) is 0 Å². The van der Waals surface area contributed by atoms with Crippen molar-refractivity contribution in [3.63, 3.8) is 0 Å². The second-order valence-corrected chi connectivity index (χ2v) is 4.74. The zero-order valence-corrected chi connectivity index (χ0v) is 13.3. The second kappa shape index (κ2) is 9.53. The van der Waals surface area contributed by atoms with Crippen molar-refractivity contribution in [3.8, 4) is 0 Å². The minimum atomic E-state index is 0.710. The Morgan fingerprint density at radius 3 is 2.30 bits per heavy atom. The Bertz CT molecular complexity index is 396. The highest BCUT2D eigenvalue weighted by Gasteiger charge is 2.09. The third-order valence-corrected chi connectivity index (χ3v) is 3.03. The average Bonchev–Trinajstić information content (AvgIpc) is 2.46. The molecule has 20 heavy (non-hydrogen) atoms. The molecule has 0 unspecified atom stereocenters. The summed E-state index contributed by atoms with van der Waals surface area (Å²) in [5.41, 5.74) is 1.07. The van der Waals surface area contributed by atoms with Gasteiger partial charge in [-0.15, -0.1) is 0 Å². The van der Waals surface area contributed by atoms with Gasteiger partial charge in [0, 0.05) is 31.7 Å². The van der Waals surface area contributed by atoms with E-state index in [0.29, 0.717) is 6.61 Å². The van der Waals surface area contributed by atoms with Crippen LogP contribution in [0.3, 0.4) is 0 Å².